The van der Waals surface area contributed by atoms with Crippen LogP contribution in [0, 0.1) is 5.82 Å². The number of carbonyl (C=O) groups is 1. The molecule has 9 heteroatoms. The summed E-state index contributed by atoms with van der Waals surface area (Å²) in [6.45, 7) is -0.694. The highest BCUT2D eigenvalue weighted by molar-refractivity contribution is 5.90. The van der Waals surface area contributed by atoms with E-state index in [1.54, 1.807) is 0 Å². The largest absolute Gasteiger partial charge is 0.435 e. The monoisotopic (exact) mass is 315 g/mol. The van der Waals surface area contributed by atoms with E-state index in [1.807, 2.05) is 0 Å². The van der Waals surface area contributed by atoms with Crippen LogP contribution in [0.4, 0.5) is 23.2 Å². The van der Waals surface area contributed by atoms with Gasteiger partial charge in [0.2, 0.25) is 5.91 Å². The number of halogens is 4. The molecule has 2 aromatic rings. The topological polar surface area (TPSA) is 64.0 Å². The molecule has 0 unspecified atom stereocenters. The lowest BCUT2D eigenvalue weighted by Crippen LogP contribution is -2.31. The zero-order valence-electron chi connectivity index (χ0n) is 10.9. The average Bonchev–Trinajstić information content (AvgIpc) is 2.42. The number of hydrogen-bond donors (Lipinski definition) is 1. The van der Waals surface area contributed by atoms with E-state index in [1.165, 1.54) is 12.1 Å². The number of aromatic nitrogens is 2. The highest BCUT2D eigenvalue weighted by Crippen LogP contribution is 2.26. The van der Waals surface area contributed by atoms with Crippen LogP contribution in [0.15, 0.2) is 41.2 Å². The Kier molecular flexibility index (Phi) is 4.25. The van der Waals surface area contributed by atoms with E-state index in [9.17, 15) is 27.2 Å². The lowest BCUT2D eigenvalue weighted by atomic mass is 10.3. The molecule has 2 rings (SSSR count). The van der Waals surface area contributed by atoms with Crippen molar-refractivity contribution in [3.05, 3.63) is 58.3 Å². The molecule has 0 saturated carbocycles. The number of benzene rings is 1. The summed E-state index contributed by atoms with van der Waals surface area (Å²) in [4.78, 5) is 23.1. The van der Waals surface area contributed by atoms with Crippen molar-refractivity contribution in [3.8, 4) is 0 Å². The van der Waals surface area contributed by atoms with E-state index >= 15 is 0 Å². The van der Waals surface area contributed by atoms with E-state index < -0.39 is 35.7 Å². The first-order valence-corrected chi connectivity index (χ1v) is 5.96. The molecular formula is C13H9F4N3O2. The quantitative estimate of drug-likeness (QED) is 0.882. The Morgan fingerprint density at radius 3 is 2.36 bits per heavy atom. The van der Waals surface area contributed by atoms with Gasteiger partial charge in [0.25, 0.3) is 5.56 Å². The fourth-order valence-corrected chi connectivity index (χ4v) is 1.58. The van der Waals surface area contributed by atoms with E-state index in [2.05, 4.69) is 10.4 Å². The van der Waals surface area contributed by atoms with Crippen LogP contribution < -0.4 is 10.9 Å². The minimum Gasteiger partial charge on any atom is -0.324 e. The lowest BCUT2D eigenvalue weighted by Gasteiger charge is -2.09. The Morgan fingerprint density at radius 1 is 1.14 bits per heavy atom. The van der Waals surface area contributed by atoms with E-state index in [0.29, 0.717) is 16.8 Å². The highest BCUT2D eigenvalue weighted by Gasteiger charge is 2.33. The van der Waals surface area contributed by atoms with Crippen LogP contribution >= 0.6 is 0 Å². The molecule has 1 heterocycles. The summed E-state index contributed by atoms with van der Waals surface area (Å²) in [5, 5.41) is 5.41. The number of alkyl halides is 3. The van der Waals surface area contributed by atoms with Gasteiger partial charge in [0.15, 0.2) is 5.69 Å². The molecule has 0 bridgehead atoms. The predicted molar refractivity (Wildman–Crippen MR) is 68.5 cm³/mol. The van der Waals surface area contributed by atoms with Gasteiger partial charge in [-0.15, -0.1) is 0 Å². The van der Waals surface area contributed by atoms with Crippen molar-refractivity contribution in [2.75, 3.05) is 5.32 Å². The zero-order valence-corrected chi connectivity index (χ0v) is 10.9. The van der Waals surface area contributed by atoms with Crippen LogP contribution in [-0.4, -0.2) is 15.7 Å². The molecule has 1 aromatic carbocycles. The second-order valence-electron chi connectivity index (χ2n) is 4.27. The van der Waals surface area contributed by atoms with Gasteiger partial charge in [0.05, 0.1) is 0 Å². The molecule has 0 aliphatic rings. The second kappa shape index (κ2) is 5.96. The van der Waals surface area contributed by atoms with E-state index in [-0.39, 0.29) is 5.69 Å². The smallest absolute Gasteiger partial charge is 0.324 e. The Bertz CT molecular complexity index is 738. The van der Waals surface area contributed by atoms with Crippen LogP contribution in [0.2, 0.25) is 0 Å². The molecule has 0 fully saturated rings. The summed E-state index contributed by atoms with van der Waals surface area (Å²) in [6, 6.07) is 5.97. The van der Waals surface area contributed by atoms with Crippen molar-refractivity contribution < 1.29 is 22.4 Å². The van der Waals surface area contributed by atoms with Crippen molar-refractivity contribution in [1.29, 1.82) is 0 Å². The summed E-state index contributed by atoms with van der Waals surface area (Å²) < 4.78 is 50.6. The number of hydrogen-bond acceptors (Lipinski definition) is 3. The van der Waals surface area contributed by atoms with Gasteiger partial charge in [-0.25, -0.2) is 9.07 Å². The Morgan fingerprint density at radius 2 is 1.77 bits per heavy atom. The summed E-state index contributed by atoms with van der Waals surface area (Å²) in [5.41, 5.74) is -1.88. The molecule has 1 aromatic heterocycles. The maximum atomic E-state index is 12.7. The summed E-state index contributed by atoms with van der Waals surface area (Å²) in [5.74, 6) is -1.27. The number of rotatable bonds is 3. The van der Waals surface area contributed by atoms with E-state index in [4.69, 9.17) is 0 Å². The fraction of sp³-hybridized carbons (Fsp3) is 0.154. The zero-order chi connectivity index (χ0) is 16.3. The van der Waals surface area contributed by atoms with Crippen molar-refractivity contribution in [1.82, 2.24) is 9.78 Å². The fourth-order valence-electron chi connectivity index (χ4n) is 1.58. The van der Waals surface area contributed by atoms with Gasteiger partial charge in [-0.2, -0.15) is 18.3 Å². The van der Waals surface area contributed by atoms with Gasteiger partial charge in [-0.3, -0.25) is 9.59 Å². The third kappa shape index (κ3) is 3.90. The molecule has 0 radical (unpaired) electrons. The van der Waals surface area contributed by atoms with Crippen LogP contribution in [0.5, 0.6) is 0 Å². The summed E-state index contributed by atoms with van der Waals surface area (Å²) >= 11 is 0. The molecule has 0 aliphatic heterocycles. The van der Waals surface area contributed by atoms with Gasteiger partial charge in [-0.05, 0) is 30.3 Å². The van der Waals surface area contributed by atoms with Crippen LogP contribution in [0.3, 0.4) is 0 Å². The van der Waals surface area contributed by atoms with Crippen LogP contribution in [0.25, 0.3) is 0 Å². The van der Waals surface area contributed by atoms with Crippen molar-refractivity contribution in [3.63, 3.8) is 0 Å². The Hall–Kier alpha value is -2.71. The number of carbonyl (C=O) groups excluding carboxylic acids is 1. The van der Waals surface area contributed by atoms with Crippen molar-refractivity contribution >= 4 is 11.6 Å². The van der Waals surface area contributed by atoms with Gasteiger partial charge >= 0.3 is 6.18 Å². The maximum absolute atomic E-state index is 12.7. The van der Waals surface area contributed by atoms with Crippen LogP contribution in [-0.2, 0) is 17.5 Å². The van der Waals surface area contributed by atoms with Crippen molar-refractivity contribution in [2.24, 2.45) is 0 Å². The van der Waals surface area contributed by atoms with Gasteiger partial charge in [0.1, 0.15) is 12.4 Å². The van der Waals surface area contributed by atoms with Gasteiger partial charge in [-0.1, -0.05) is 0 Å². The molecule has 0 aliphatic carbocycles. The van der Waals surface area contributed by atoms with E-state index in [0.717, 1.165) is 12.1 Å². The number of amides is 1. The molecule has 22 heavy (non-hydrogen) atoms. The van der Waals surface area contributed by atoms with Gasteiger partial charge in [0, 0.05) is 11.8 Å². The number of anilines is 1. The molecule has 116 valence electrons. The molecule has 1 amide bonds. The van der Waals surface area contributed by atoms with Crippen molar-refractivity contribution in [2.45, 2.75) is 12.7 Å². The number of nitrogens with zero attached hydrogens (tertiary/aromatic N) is 2. The van der Waals surface area contributed by atoms with Gasteiger partial charge < -0.3 is 5.32 Å². The first-order chi connectivity index (χ1) is 10.3. The standard InChI is InChI=1S/C13H9F4N3O2/c14-8-1-3-9(4-2-8)18-11(21)7-20-12(22)6-5-10(19-20)13(15,16)17/h1-6H,7H2,(H,18,21). The first kappa shape index (κ1) is 15.7. The normalized spacial score (nSPS) is 11.3. The molecule has 0 spiro atoms. The second-order valence-corrected chi connectivity index (χ2v) is 4.27. The Balaban J connectivity index is 2.14. The highest BCUT2D eigenvalue weighted by atomic mass is 19.4. The first-order valence-electron chi connectivity index (χ1n) is 5.96. The Labute approximate surface area is 121 Å². The summed E-state index contributed by atoms with van der Waals surface area (Å²) in [6.07, 6.45) is -4.72. The molecule has 0 saturated heterocycles. The predicted octanol–water partition coefficient (Wildman–Crippen LogP) is 2.04. The third-order valence-electron chi connectivity index (χ3n) is 2.58. The minimum absolute atomic E-state index is 0.242. The average molecular weight is 315 g/mol. The molecule has 5 nitrogen and oxygen atoms in total. The maximum Gasteiger partial charge on any atom is 0.435 e. The summed E-state index contributed by atoms with van der Waals surface area (Å²) in [7, 11) is 0. The van der Waals surface area contributed by atoms with Crippen LogP contribution in [0.1, 0.15) is 5.69 Å². The molecule has 1 N–H and O–H groups in total. The lowest BCUT2D eigenvalue weighted by molar-refractivity contribution is -0.142. The molecular weight excluding hydrogens is 306 g/mol. The molecule has 0 atom stereocenters. The number of nitrogens with one attached hydrogen (secondary N) is 1. The SMILES string of the molecule is O=C(Cn1nc(C(F)(F)F)ccc1=O)Nc1ccc(F)cc1. The minimum atomic E-state index is -4.72. The third-order valence-corrected chi connectivity index (χ3v) is 2.58.